The molecular weight excluding hydrogens is 406 g/mol. The fourth-order valence-corrected chi connectivity index (χ4v) is 5.62. The first kappa shape index (κ1) is 21.6. The van der Waals surface area contributed by atoms with Gasteiger partial charge < -0.3 is 15.1 Å². The molecule has 1 unspecified atom stereocenters. The number of imide groups is 1. The predicted octanol–water partition coefficient (Wildman–Crippen LogP) is 0.565. The van der Waals surface area contributed by atoms with Gasteiger partial charge in [-0.3, -0.25) is 24.6 Å². The third-order valence-corrected chi connectivity index (χ3v) is 7.47. The third-order valence-electron chi connectivity index (χ3n) is 7.47. The molecule has 172 valence electrons. The summed E-state index contributed by atoms with van der Waals surface area (Å²) in [6, 6.07) is 5.49. The van der Waals surface area contributed by atoms with Crippen LogP contribution in [-0.4, -0.2) is 84.3 Å². The number of fused-ring (bicyclic) bond motifs is 1. The van der Waals surface area contributed by atoms with E-state index in [1.807, 2.05) is 18.2 Å². The molecule has 4 heterocycles. The number of rotatable bonds is 5. The van der Waals surface area contributed by atoms with Crippen molar-refractivity contribution in [2.75, 3.05) is 45.8 Å². The van der Waals surface area contributed by atoms with Crippen molar-refractivity contribution in [1.29, 1.82) is 0 Å². The number of piperazine rings is 1. The Morgan fingerprint density at radius 3 is 2.44 bits per heavy atom. The number of carbonyl (C=O) groups excluding carboxylic acids is 3. The smallest absolute Gasteiger partial charge is 0.255 e. The summed E-state index contributed by atoms with van der Waals surface area (Å²) in [5.74, 6) is 0.134. The Bertz CT molecular complexity index is 890. The minimum atomic E-state index is -0.556. The van der Waals surface area contributed by atoms with Crippen LogP contribution in [-0.2, 0) is 22.7 Å². The molecule has 1 aromatic carbocycles. The van der Waals surface area contributed by atoms with Crippen LogP contribution in [0.4, 0.5) is 0 Å². The summed E-state index contributed by atoms with van der Waals surface area (Å²) in [6.45, 7) is 8.89. The maximum Gasteiger partial charge on any atom is 0.255 e. The summed E-state index contributed by atoms with van der Waals surface area (Å²) >= 11 is 0. The molecule has 4 aliphatic heterocycles. The minimum Gasteiger partial charge on any atom is -0.322 e. The highest BCUT2D eigenvalue weighted by atomic mass is 16.2. The number of benzene rings is 1. The fraction of sp³-hybridized carbons (Fsp3) is 0.625. The van der Waals surface area contributed by atoms with Crippen molar-refractivity contribution in [3.63, 3.8) is 0 Å². The van der Waals surface area contributed by atoms with Crippen LogP contribution in [0.3, 0.4) is 0 Å². The normalized spacial score (nSPS) is 25.8. The highest BCUT2D eigenvalue weighted by Gasteiger charge is 2.40. The lowest BCUT2D eigenvalue weighted by molar-refractivity contribution is -0.136. The molecule has 0 bridgehead atoms. The highest BCUT2D eigenvalue weighted by molar-refractivity contribution is 6.05. The van der Waals surface area contributed by atoms with Crippen LogP contribution in [0.15, 0.2) is 18.2 Å². The van der Waals surface area contributed by atoms with Crippen LogP contribution in [0.5, 0.6) is 0 Å². The van der Waals surface area contributed by atoms with Crippen LogP contribution in [0.2, 0.25) is 0 Å². The van der Waals surface area contributed by atoms with E-state index >= 15 is 0 Å². The molecular formula is C24H33N5O3. The van der Waals surface area contributed by atoms with Gasteiger partial charge >= 0.3 is 0 Å². The van der Waals surface area contributed by atoms with Gasteiger partial charge in [0.15, 0.2) is 0 Å². The molecule has 5 rings (SSSR count). The van der Waals surface area contributed by atoms with Gasteiger partial charge in [-0.25, -0.2) is 0 Å². The largest absolute Gasteiger partial charge is 0.322 e. The van der Waals surface area contributed by atoms with Crippen LogP contribution < -0.4 is 10.6 Å². The predicted molar refractivity (Wildman–Crippen MR) is 120 cm³/mol. The van der Waals surface area contributed by atoms with E-state index in [0.717, 1.165) is 68.4 Å². The van der Waals surface area contributed by atoms with Gasteiger partial charge in [-0.15, -0.1) is 0 Å². The summed E-state index contributed by atoms with van der Waals surface area (Å²) in [6.07, 6.45) is 3.24. The van der Waals surface area contributed by atoms with Crippen molar-refractivity contribution in [3.8, 4) is 0 Å². The molecule has 3 fully saturated rings. The molecule has 8 nitrogen and oxygen atoms in total. The molecule has 0 aliphatic carbocycles. The monoisotopic (exact) mass is 439 g/mol. The average molecular weight is 440 g/mol. The van der Waals surface area contributed by atoms with Crippen molar-refractivity contribution in [3.05, 3.63) is 34.9 Å². The van der Waals surface area contributed by atoms with Crippen LogP contribution in [0, 0.1) is 5.92 Å². The Balaban J connectivity index is 1.20. The number of hydrogen-bond donors (Lipinski definition) is 2. The van der Waals surface area contributed by atoms with Gasteiger partial charge in [0.25, 0.3) is 5.91 Å². The van der Waals surface area contributed by atoms with Crippen LogP contribution >= 0.6 is 0 Å². The van der Waals surface area contributed by atoms with Crippen molar-refractivity contribution in [2.45, 2.75) is 44.8 Å². The lowest BCUT2D eigenvalue weighted by atomic mass is 9.97. The molecule has 1 aromatic rings. The highest BCUT2D eigenvalue weighted by Crippen LogP contribution is 2.30. The fourth-order valence-electron chi connectivity index (χ4n) is 5.62. The van der Waals surface area contributed by atoms with Crippen LogP contribution in [0.1, 0.15) is 47.2 Å². The Morgan fingerprint density at radius 2 is 1.69 bits per heavy atom. The van der Waals surface area contributed by atoms with E-state index in [0.29, 0.717) is 13.0 Å². The summed E-state index contributed by atoms with van der Waals surface area (Å²) in [7, 11) is 0. The standard InChI is InChI=1S/C24H33N5O3/c30-21-5-4-20(23(31)26-21)29-16-19-3-1-2-18(22(19)24(29)32)15-28-12-10-27(11-13-28)14-17-6-8-25-9-7-17/h1-3,17,20,25H,4-16H2,(H,26,30,31). The topological polar surface area (TPSA) is 85.0 Å². The lowest BCUT2D eigenvalue weighted by Crippen LogP contribution is -2.52. The van der Waals surface area contributed by atoms with Gasteiger partial charge in [0.1, 0.15) is 6.04 Å². The first-order valence-corrected chi connectivity index (χ1v) is 12.0. The van der Waals surface area contributed by atoms with Gasteiger partial charge in [0.2, 0.25) is 11.8 Å². The Hall–Kier alpha value is -2.29. The van der Waals surface area contributed by atoms with E-state index in [-0.39, 0.29) is 24.1 Å². The van der Waals surface area contributed by atoms with Crippen molar-refractivity contribution < 1.29 is 14.4 Å². The maximum atomic E-state index is 13.3. The van der Waals surface area contributed by atoms with Crippen LogP contribution in [0.25, 0.3) is 0 Å². The molecule has 4 aliphatic rings. The van der Waals surface area contributed by atoms with E-state index in [1.54, 1.807) is 4.90 Å². The number of nitrogens with zero attached hydrogens (tertiary/aromatic N) is 3. The van der Waals surface area contributed by atoms with Gasteiger partial charge in [-0.1, -0.05) is 18.2 Å². The van der Waals surface area contributed by atoms with E-state index in [1.165, 1.54) is 19.4 Å². The second-order valence-corrected chi connectivity index (χ2v) is 9.62. The number of amides is 3. The van der Waals surface area contributed by atoms with Gasteiger partial charge in [-0.05, 0) is 49.4 Å². The molecule has 3 amide bonds. The molecule has 2 N–H and O–H groups in total. The number of piperidine rings is 2. The number of nitrogens with one attached hydrogen (secondary N) is 2. The number of carbonyl (C=O) groups is 3. The Labute approximate surface area is 189 Å². The molecule has 0 spiro atoms. The molecule has 32 heavy (non-hydrogen) atoms. The number of hydrogen-bond acceptors (Lipinski definition) is 6. The summed E-state index contributed by atoms with van der Waals surface area (Å²) in [5.41, 5.74) is 2.80. The van der Waals surface area contributed by atoms with Crippen molar-refractivity contribution in [1.82, 2.24) is 25.3 Å². The van der Waals surface area contributed by atoms with E-state index in [4.69, 9.17) is 0 Å². The average Bonchev–Trinajstić information content (AvgIpc) is 3.13. The van der Waals surface area contributed by atoms with Gasteiger partial charge in [-0.2, -0.15) is 0 Å². The second-order valence-electron chi connectivity index (χ2n) is 9.62. The third kappa shape index (κ3) is 4.44. The van der Waals surface area contributed by atoms with Gasteiger partial charge in [0.05, 0.1) is 0 Å². The van der Waals surface area contributed by atoms with Gasteiger partial charge in [0, 0.05) is 57.8 Å². The zero-order valence-corrected chi connectivity index (χ0v) is 18.6. The quantitative estimate of drug-likeness (QED) is 0.653. The zero-order chi connectivity index (χ0) is 22.1. The Morgan fingerprint density at radius 1 is 0.938 bits per heavy atom. The molecule has 0 radical (unpaired) electrons. The Kier molecular flexibility index (Phi) is 6.26. The first-order chi connectivity index (χ1) is 15.6. The SMILES string of the molecule is O=C1CCC(N2Cc3cccc(CN4CCN(CC5CCNCC5)CC4)c3C2=O)C(=O)N1. The van der Waals surface area contributed by atoms with E-state index in [2.05, 4.69) is 20.4 Å². The lowest BCUT2D eigenvalue weighted by Gasteiger charge is -2.37. The first-order valence-electron chi connectivity index (χ1n) is 12.0. The molecule has 3 saturated heterocycles. The minimum absolute atomic E-state index is 0.0744. The van der Waals surface area contributed by atoms with Crippen molar-refractivity contribution >= 4 is 17.7 Å². The molecule has 1 atom stereocenters. The van der Waals surface area contributed by atoms with E-state index in [9.17, 15) is 14.4 Å². The summed E-state index contributed by atoms with van der Waals surface area (Å²) in [4.78, 5) is 43.8. The molecule has 0 saturated carbocycles. The maximum absolute atomic E-state index is 13.3. The second kappa shape index (κ2) is 9.29. The summed E-state index contributed by atoms with van der Waals surface area (Å²) in [5, 5.41) is 5.82. The molecule has 0 aromatic heterocycles. The molecule has 8 heteroatoms. The van der Waals surface area contributed by atoms with Crippen molar-refractivity contribution in [2.24, 2.45) is 5.92 Å². The zero-order valence-electron chi connectivity index (χ0n) is 18.6. The summed E-state index contributed by atoms with van der Waals surface area (Å²) < 4.78 is 0. The van der Waals surface area contributed by atoms with E-state index < -0.39 is 6.04 Å².